The Morgan fingerprint density at radius 2 is 1.83 bits per heavy atom. The highest BCUT2D eigenvalue weighted by molar-refractivity contribution is 5.72. The minimum atomic E-state index is 0.136. The van der Waals surface area contributed by atoms with Crippen molar-refractivity contribution in [3.63, 3.8) is 0 Å². The number of hydrogen-bond acceptors (Lipinski definition) is 3. The van der Waals surface area contributed by atoms with E-state index >= 15 is 0 Å². The third-order valence-corrected chi connectivity index (χ3v) is 3.18. The van der Waals surface area contributed by atoms with Crippen LogP contribution < -0.4 is 15.8 Å². The molecule has 0 fully saturated rings. The summed E-state index contributed by atoms with van der Waals surface area (Å²) in [6, 6.07) is 5.87. The highest BCUT2D eigenvalue weighted by atomic mass is 16.5. The van der Waals surface area contributed by atoms with Crippen molar-refractivity contribution >= 4 is 11.4 Å². The average molecular weight is 250 g/mol. The Labute approximate surface area is 111 Å². The second-order valence-electron chi connectivity index (χ2n) is 5.49. The number of nitrogens with one attached hydrogen (secondary N) is 1. The molecule has 0 saturated carbocycles. The van der Waals surface area contributed by atoms with Gasteiger partial charge in [0.2, 0.25) is 0 Å². The van der Waals surface area contributed by atoms with Gasteiger partial charge < -0.3 is 15.8 Å². The van der Waals surface area contributed by atoms with E-state index in [-0.39, 0.29) is 6.10 Å². The Kier molecular flexibility index (Phi) is 5.32. The van der Waals surface area contributed by atoms with Crippen LogP contribution in [-0.4, -0.2) is 12.6 Å². The summed E-state index contributed by atoms with van der Waals surface area (Å²) in [7, 11) is 0. The molecule has 0 aliphatic rings. The molecule has 3 heteroatoms. The van der Waals surface area contributed by atoms with Gasteiger partial charge in [-0.3, -0.25) is 0 Å². The van der Waals surface area contributed by atoms with E-state index in [0.717, 1.165) is 18.0 Å². The lowest BCUT2D eigenvalue weighted by Crippen LogP contribution is -2.17. The lowest BCUT2D eigenvalue weighted by atomic mass is 9.98. The molecule has 1 rings (SSSR count). The summed E-state index contributed by atoms with van der Waals surface area (Å²) in [5, 5.41) is 3.40. The Hall–Kier alpha value is -1.38. The lowest BCUT2D eigenvalue weighted by molar-refractivity contribution is 0.244. The number of nitrogen functional groups attached to an aromatic ring is 1. The Balaban J connectivity index is 2.72. The molecule has 0 heterocycles. The molecule has 0 aliphatic heterocycles. The third-order valence-electron chi connectivity index (χ3n) is 3.18. The fraction of sp³-hybridized carbons (Fsp3) is 0.600. The second-order valence-corrected chi connectivity index (χ2v) is 5.49. The Bertz CT molecular complexity index is 375. The van der Waals surface area contributed by atoms with E-state index < -0.39 is 0 Å². The van der Waals surface area contributed by atoms with Gasteiger partial charge in [-0.25, -0.2) is 0 Å². The molecule has 0 radical (unpaired) electrons. The standard InChI is InChI=1S/C15H26N2O/c1-10(2)12(5)9-17-13-7-6-8-14(15(13)16)18-11(3)4/h6-8,10-12,17H,9,16H2,1-5H3. The first-order chi connectivity index (χ1) is 8.41. The van der Waals surface area contributed by atoms with Crippen molar-refractivity contribution in [1.82, 2.24) is 0 Å². The maximum absolute atomic E-state index is 6.11. The SMILES string of the molecule is CC(C)Oc1cccc(NCC(C)C(C)C)c1N. The van der Waals surface area contributed by atoms with Crippen molar-refractivity contribution in [3.8, 4) is 5.75 Å². The van der Waals surface area contributed by atoms with Crippen LogP contribution in [0.5, 0.6) is 5.75 Å². The lowest BCUT2D eigenvalue weighted by Gasteiger charge is -2.19. The molecule has 102 valence electrons. The monoisotopic (exact) mass is 250 g/mol. The molecule has 18 heavy (non-hydrogen) atoms. The van der Waals surface area contributed by atoms with Gasteiger partial charge in [-0.05, 0) is 37.8 Å². The molecule has 1 atom stereocenters. The van der Waals surface area contributed by atoms with Crippen LogP contribution in [0.2, 0.25) is 0 Å². The molecule has 0 saturated heterocycles. The average Bonchev–Trinajstić information content (AvgIpc) is 2.29. The maximum Gasteiger partial charge on any atom is 0.144 e. The zero-order chi connectivity index (χ0) is 13.7. The van der Waals surface area contributed by atoms with E-state index in [9.17, 15) is 0 Å². The maximum atomic E-state index is 6.11. The van der Waals surface area contributed by atoms with E-state index in [1.807, 2.05) is 32.0 Å². The van der Waals surface area contributed by atoms with Gasteiger partial charge in [0, 0.05) is 6.54 Å². The smallest absolute Gasteiger partial charge is 0.144 e. The van der Waals surface area contributed by atoms with Crippen LogP contribution in [0.3, 0.4) is 0 Å². The van der Waals surface area contributed by atoms with Crippen molar-refractivity contribution in [1.29, 1.82) is 0 Å². The van der Waals surface area contributed by atoms with Gasteiger partial charge in [0.15, 0.2) is 0 Å². The highest BCUT2D eigenvalue weighted by Crippen LogP contribution is 2.30. The molecular weight excluding hydrogens is 224 g/mol. The van der Waals surface area contributed by atoms with E-state index in [4.69, 9.17) is 10.5 Å². The van der Waals surface area contributed by atoms with Crippen LogP contribution >= 0.6 is 0 Å². The van der Waals surface area contributed by atoms with Crippen LogP contribution in [0, 0.1) is 11.8 Å². The summed E-state index contributed by atoms with van der Waals surface area (Å²) in [6.45, 7) is 11.6. The van der Waals surface area contributed by atoms with Gasteiger partial charge in [-0.1, -0.05) is 26.8 Å². The van der Waals surface area contributed by atoms with Crippen molar-refractivity contribution in [2.75, 3.05) is 17.6 Å². The number of anilines is 2. The normalized spacial score (nSPS) is 12.8. The molecule has 1 aromatic carbocycles. The fourth-order valence-corrected chi connectivity index (χ4v) is 1.56. The molecule has 3 N–H and O–H groups in total. The van der Waals surface area contributed by atoms with Crippen LogP contribution in [0.25, 0.3) is 0 Å². The Morgan fingerprint density at radius 1 is 1.17 bits per heavy atom. The quantitative estimate of drug-likeness (QED) is 0.756. The minimum absolute atomic E-state index is 0.136. The number of hydrogen-bond donors (Lipinski definition) is 2. The predicted molar refractivity (Wildman–Crippen MR) is 79.1 cm³/mol. The largest absolute Gasteiger partial charge is 0.489 e. The van der Waals surface area contributed by atoms with Crippen molar-refractivity contribution in [2.24, 2.45) is 11.8 Å². The number of nitrogens with two attached hydrogens (primary N) is 1. The predicted octanol–water partition coefficient (Wildman–Crippen LogP) is 3.76. The minimum Gasteiger partial charge on any atom is -0.489 e. The van der Waals surface area contributed by atoms with Crippen molar-refractivity contribution in [3.05, 3.63) is 18.2 Å². The topological polar surface area (TPSA) is 47.3 Å². The zero-order valence-corrected chi connectivity index (χ0v) is 12.2. The van der Waals surface area contributed by atoms with Gasteiger partial charge in [-0.15, -0.1) is 0 Å². The van der Waals surface area contributed by atoms with Gasteiger partial charge in [-0.2, -0.15) is 0 Å². The number of rotatable bonds is 6. The summed E-state index contributed by atoms with van der Waals surface area (Å²) >= 11 is 0. The molecule has 0 amide bonds. The fourth-order valence-electron chi connectivity index (χ4n) is 1.56. The van der Waals surface area contributed by atoms with Crippen LogP contribution in [0.15, 0.2) is 18.2 Å². The molecule has 0 aliphatic carbocycles. The van der Waals surface area contributed by atoms with Gasteiger partial charge >= 0.3 is 0 Å². The summed E-state index contributed by atoms with van der Waals surface area (Å²) in [5.74, 6) is 2.03. The zero-order valence-electron chi connectivity index (χ0n) is 12.2. The van der Waals surface area contributed by atoms with Crippen LogP contribution in [-0.2, 0) is 0 Å². The number of ether oxygens (including phenoxy) is 1. The summed E-state index contributed by atoms with van der Waals surface area (Å²) < 4.78 is 5.67. The molecule has 0 spiro atoms. The summed E-state index contributed by atoms with van der Waals surface area (Å²) in [5.41, 5.74) is 7.76. The molecule has 0 bridgehead atoms. The molecular formula is C15H26N2O. The van der Waals surface area contributed by atoms with E-state index in [1.165, 1.54) is 0 Å². The van der Waals surface area contributed by atoms with Crippen LogP contribution in [0.1, 0.15) is 34.6 Å². The van der Waals surface area contributed by atoms with Crippen molar-refractivity contribution in [2.45, 2.75) is 40.7 Å². The van der Waals surface area contributed by atoms with E-state index in [0.29, 0.717) is 17.5 Å². The molecule has 3 nitrogen and oxygen atoms in total. The first-order valence-electron chi connectivity index (χ1n) is 6.70. The highest BCUT2D eigenvalue weighted by Gasteiger charge is 2.10. The summed E-state index contributed by atoms with van der Waals surface area (Å²) in [4.78, 5) is 0. The first kappa shape index (κ1) is 14.7. The van der Waals surface area contributed by atoms with E-state index in [1.54, 1.807) is 0 Å². The first-order valence-corrected chi connectivity index (χ1v) is 6.70. The molecule has 0 aromatic heterocycles. The second kappa shape index (κ2) is 6.53. The molecule has 1 unspecified atom stereocenters. The van der Waals surface area contributed by atoms with Gasteiger partial charge in [0.05, 0.1) is 17.5 Å². The summed E-state index contributed by atoms with van der Waals surface area (Å²) in [6.07, 6.45) is 0.136. The number of benzene rings is 1. The number of para-hydroxylation sites is 1. The Morgan fingerprint density at radius 3 is 2.39 bits per heavy atom. The van der Waals surface area contributed by atoms with Gasteiger partial charge in [0.25, 0.3) is 0 Å². The third kappa shape index (κ3) is 4.13. The van der Waals surface area contributed by atoms with Crippen LogP contribution in [0.4, 0.5) is 11.4 Å². The van der Waals surface area contributed by atoms with Gasteiger partial charge in [0.1, 0.15) is 5.75 Å². The molecule has 1 aromatic rings. The van der Waals surface area contributed by atoms with E-state index in [2.05, 4.69) is 26.1 Å². The van der Waals surface area contributed by atoms with Crippen molar-refractivity contribution < 1.29 is 4.74 Å².